The van der Waals surface area contributed by atoms with Crippen molar-refractivity contribution in [1.29, 1.82) is 0 Å². The Bertz CT molecular complexity index is 466. The first-order valence-electron chi connectivity index (χ1n) is 4.83. The number of sulfonamides is 1. The molecule has 0 fully saturated rings. The molecule has 6 nitrogen and oxygen atoms in total. The van der Waals surface area contributed by atoms with Crippen molar-refractivity contribution in [2.45, 2.75) is 11.1 Å². The van der Waals surface area contributed by atoms with Crippen LogP contribution in [-0.4, -0.2) is 39.7 Å². The number of nitrogens with one attached hydrogen (secondary N) is 1. The average molecular weight is 263 g/mol. The van der Waals surface area contributed by atoms with E-state index in [9.17, 15) is 12.8 Å². The molecule has 0 saturated heterocycles. The third kappa shape index (κ3) is 3.70. The number of hydrogen-bond donors (Lipinski definition) is 2. The van der Waals surface area contributed by atoms with E-state index in [1.807, 2.05) is 0 Å². The van der Waals surface area contributed by atoms with Crippen LogP contribution in [0.15, 0.2) is 23.4 Å². The molecular formula is C9H14FN3O3S. The minimum Gasteiger partial charge on any atom is -0.383 e. The maximum Gasteiger partial charge on any atom is 0.261 e. The maximum absolute atomic E-state index is 13.3. The summed E-state index contributed by atoms with van der Waals surface area (Å²) in [6.45, 7) is 0.145. The van der Waals surface area contributed by atoms with Crippen molar-refractivity contribution in [2.24, 2.45) is 5.73 Å². The number of nitrogens with zero attached hydrogens (tertiary/aromatic N) is 1. The molecule has 1 aromatic heterocycles. The first kappa shape index (κ1) is 14.0. The lowest BCUT2D eigenvalue weighted by molar-refractivity contribution is 0.177. The van der Waals surface area contributed by atoms with E-state index in [4.69, 9.17) is 10.5 Å². The van der Waals surface area contributed by atoms with Crippen molar-refractivity contribution in [2.75, 3.05) is 20.3 Å². The molecule has 0 amide bonds. The number of methoxy groups -OCH3 is 1. The molecule has 1 heterocycles. The lowest BCUT2D eigenvalue weighted by Gasteiger charge is -2.15. The smallest absolute Gasteiger partial charge is 0.261 e. The van der Waals surface area contributed by atoms with Gasteiger partial charge in [-0.05, 0) is 12.1 Å². The van der Waals surface area contributed by atoms with E-state index in [2.05, 4.69) is 9.71 Å². The lowest BCUT2D eigenvalue weighted by Crippen LogP contribution is -2.43. The van der Waals surface area contributed by atoms with Gasteiger partial charge >= 0.3 is 0 Å². The fraction of sp³-hybridized carbons (Fsp3) is 0.444. The number of nitrogens with two attached hydrogens (primary N) is 1. The second-order valence-corrected chi connectivity index (χ2v) is 4.93. The number of rotatable bonds is 6. The van der Waals surface area contributed by atoms with Gasteiger partial charge in [0.25, 0.3) is 10.0 Å². The molecule has 0 aliphatic carbocycles. The molecule has 1 atom stereocenters. The molecule has 1 aromatic rings. The molecule has 0 aliphatic heterocycles. The SMILES string of the molecule is COCC(CN)NS(=O)(=O)c1ncccc1F. The second-order valence-electron chi connectivity index (χ2n) is 3.30. The minimum atomic E-state index is -4.02. The zero-order valence-electron chi connectivity index (χ0n) is 9.26. The van der Waals surface area contributed by atoms with E-state index in [1.54, 1.807) is 0 Å². The van der Waals surface area contributed by atoms with E-state index >= 15 is 0 Å². The predicted octanol–water partition coefficient (Wildman–Crippen LogP) is -0.527. The van der Waals surface area contributed by atoms with Gasteiger partial charge in [0, 0.05) is 19.9 Å². The number of hydrogen-bond acceptors (Lipinski definition) is 5. The molecule has 1 unspecified atom stereocenters. The lowest BCUT2D eigenvalue weighted by atomic mass is 10.3. The van der Waals surface area contributed by atoms with Crippen LogP contribution in [0, 0.1) is 5.82 Å². The number of aromatic nitrogens is 1. The highest BCUT2D eigenvalue weighted by Gasteiger charge is 2.23. The topological polar surface area (TPSA) is 94.3 Å². The fourth-order valence-corrected chi connectivity index (χ4v) is 2.43. The van der Waals surface area contributed by atoms with Gasteiger partial charge in [0.2, 0.25) is 5.03 Å². The first-order valence-corrected chi connectivity index (χ1v) is 6.31. The summed E-state index contributed by atoms with van der Waals surface area (Å²) in [5.74, 6) is -0.909. The van der Waals surface area contributed by atoms with Crippen LogP contribution < -0.4 is 10.5 Å². The Labute approximate surface area is 99.0 Å². The van der Waals surface area contributed by atoms with Crippen LogP contribution in [0.2, 0.25) is 0 Å². The van der Waals surface area contributed by atoms with Crippen molar-refractivity contribution in [3.8, 4) is 0 Å². The van der Waals surface area contributed by atoms with Gasteiger partial charge in [0.05, 0.1) is 12.6 Å². The fourth-order valence-electron chi connectivity index (χ4n) is 1.20. The quantitative estimate of drug-likeness (QED) is 0.719. The van der Waals surface area contributed by atoms with E-state index in [1.165, 1.54) is 19.4 Å². The van der Waals surface area contributed by atoms with Crippen molar-refractivity contribution < 1.29 is 17.5 Å². The van der Waals surface area contributed by atoms with Crippen LogP contribution in [0.3, 0.4) is 0 Å². The second kappa shape index (κ2) is 6.01. The third-order valence-corrected chi connectivity index (χ3v) is 3.41. The molecule has 0 saturated carbocycles. The van der Waals surface area contributed by atoms with Crippen LogP contribution >= 0.6 is 0 Å². The number of pyridine rings is 1. The largest absolute Gasteiger partial charge is 0.383 e. The normalized spacial score (nSPS) is 13.6. The molecule has 96 valence electrons. The molecule has 0 aromatic carbocycles. The minimum absolute atomic E-state index is 0.0432. The van der Waals surface area contributed by atoms with Gasteiger partial charge in [-0.25, -0.2) is 22.5 Å². The van der Waals surface area contributed by atoms with Crippen molar-refractivity contribution >= 4 is 10.0 Å². The van der Waals surface area contributed by atoms with E-state index in [0.29, 0.717) is 0 Å². The van der Waals surface area contributed by atoms with E-state index in [-0.39, 0.29) is 13.2 Å². The summed E-state index contributed by atoms with van der Waals surface area (Å²) >= 11 is 0. The summed E-state index contributed by atoms with van der Waals surface area (Å²) in [7, 11) is -2.61. The summed E-state index contributed by atoms with van der Waals surface area (Å²) in [6, 6.07) is 1.71. The molecule has 3 N–H and O–H groups in total. The summed E-state index contributed by atoms with van der Waals surface area (Å²) in [5.41, 5.74) is 5.36. The molecule has 0 aliphatic rings. The molecular weight excluding hydrogens is 249 g/mol. The van der Waals surface area contributed by atoms with Crippen molar-refractivity contribution in [3.05, 3.63) is 24.1 Å². The summed E-state index contributed by atoms with van der Waals surface area (Å²) in [5, 5.41) is -0.644. The van der Waals surface area contributed by atoms with Gasteiger partial charge in [-0.2, -0.15) is 0 Å². The van der Waals surface area contributed by atoms with E-state index < -0.39 is 26.9 Å². The first-order chi connectivity index (χ1) is 8.01. The van der Waals surface area contributed by atoms with Crippen LogP contribution in [0.4, 0.5) is 4.39 Å². The Balaban J connectivity index is 2.92. The Morgan fingerprint density at radius 3 is 2.88 bits per heavy atom. The zero-order valence-corrected chi connectivity index (χ0v) is 10.1. The summed E-state index contributed by atoms with van der Waals surface area (Å²) in [4.78, 5) is 3.49. The number of ether oxygens (including phenoxy) is 1. The molecule has 8 heteroatoms. The Morgan fingerprint density at radius 2 is 2.35 bits per heavy atom. The van der Waals surface area contributed by atoms with Gasteiger partial charge in [-0.1, -0.05) is 0 Å². The predicted molar refractivity (Wildman–Crippen MR) is 59.2 cm³/mol. The summed E-state index contributed by atoms with van der Waals surface area (Å²) in [6.07, 6.45) is 1.20. The molecule has 1 rings (SSSR count). The highest BCUT2D eigenvalue weighted by Crippen LogP contribution is 2.10. The maximum atomic E-state index is 13.3. The van der Waals surface area contributed by atoms with Crippen molar-refractivity contribution in [1.82, 2.24) is 9.71 Å². The highest BCUT2D eigenvalue weighted by molar-refractivity contribution is 7.89. The van der Waals surface area contributed by atoms with Crippen molar-refractivity contribution in [3.63, 3.8) is 0 Å². The molecule has 17 heavy (non-hydrogen) atoms. The average Bonchev–Trinajstić information content (AvgIpc) is 2.28. The molecule has 0 bridgehead atoms. The Morgan fingerprint density at radius 1 is 1.65 bits per heavy atom. The van der Waals surface area contributed by atoms with Gasteiger partial charge < -0.3 is 10.5 Å². The highest BCUT2D eigenvalue weighted by atomic mass is 32.2. The van der Waals surface area contributed by atoms with Gasteiger partial charge in [-0.15, -0.1) is 0 Å². The molecule has 0 spiro atoms. The zero-order chi connectivity index (χ0) is 12.9. The standard InChI is InChI=1S/C9H14FN3O3S/c1-16-6-7(5-11)13-17(14,15)9-8(10)3-2-4-12-9/h2-4,7,13H,5-6,11H2,1H3. The van der Waals surface area contributed by atoms with Crippen LogP contribution in [0.25, 0.3) is 0 Å². The molecule has 0 radical (unpaired) electrons. The monoisotopic (exact) mass is 263 g/mol. The van der Waals surface area contributed by atoms with E-state index in [0.717, 1.165) is 6.07 Å². The van der Waals surface area contributed by atoms with Crippen LogP contribution in [0.1, 0.15) is 0 Å². The van der Waals surface area contributed by atoms with Gasteiger partial charge in [0.15, 0.2) is 5.82 Å². The van der Waals surface area contributed by atoms with Crippen LogP contribution in [-0.2, 0) is 14.8 Å². The van der Waals surface area contributed by atoms with Crippen LogP contribution in [0.5, 0.6) is 0 Å². The number of halogens is 1. The third-order valence-electron chi connectivity index (χ3n) is 1.95. The van der Waals surface area contributed by atoms with Gasteiger partial charge in [-0.3, -0.25) is 0 Å². The Kier molecular flexibility index (Phi) is 4.94. The Hall–Kier alpha value is -1.09. The van der Waals surface area contributed by atoms with Gasteiger partial charge in [0.1, 0.15) is 0 Å². The summed E-state index contributed by atoms with van der Waals surface area (Å²) < 4.78 is 43.8.